The fraction of sp³-hybridized carbons (Fsp3) is 0.700. The minimum absolute atomic E-state index is 0.0250. The molecule has 0 aromatic carbocycles. The summed E-state index contributed by atoms with van der Waals surface area (Å²) in [5.74, 6) is -0.145. The number of carbonyl (C=O) groups excluding carboxylic acids is 1. The molecular weight excluding hydrogens is 226 g/mol. The summed E-state index contributed by atoms with van der Waals surface area (Å²) in [5, 5.41) is 9.96. The van der Waals surface area contributed by atoms with E-state index in [0.29, 0.717) is 6.54 Å². The van der Waals surface area contributed by atoms with Gasteiger partial charge in [-0.1, -0.05) is 11.3 Å². The zero-order valence-electron chi connectivity index (χ0n) is 9.47. The maximum absolute atomic E-state index is 11.5. The molecule has 0 radical (unpaired) electrons. The van der Waals surface area contributed by atoms with Crippen LogP contribution in [0, 0.1) is 12.8 Å². The van der Waals surface area contributed by atoms with Crippen molar-refractivity contribution < 1.29 is 9.53 Å². The van der Waals surface area contributed by atoms with E-state index in [1.165, 1.54) is 7.11 Å². The third kappa shape index (κ3) is 2.32. The molecule has 1 saturated heterocycles. The van der Waals surface area contributed by atoms with Gasteiger partial charge in [-0.05, 0) is 19.8 Å². The van der Waals surface area contributed by atoms with Crippen molar-refractivity contribution >= 4 is 22.4 Å². The molecule has 0 amide bonds. The number of esters is 1. The third-order valence-corrected chi connectivity index (χ3v) is 3.64. The smallest absolute Gasteiger partial charge is 0.310 e. The van der Waals surface area contributed by atoms with Gasteiger partial charge in [0.05, 0.1) is 13.0 Å². The van der Waals surface area contributed by atoms with E-state index >= 15 is 0 Å². The minimum atomic E-state index is -0.120. The molecule has 0 N–H and O–H groups in total. The standard InChI is InChI=1S/C10H15N3O2S/c1-7-11-12-10(16-7)13-5-3-4-8(6-13)9(14)15-2/h8H,3-6H2,1-2H3. The predicted molar refractivity (Wildman–Crippen MR) is 61.6 cm³/mol. The number of hydrogen-bond donors (Lipinski definition) is 0. The number of methoxy groups -OCH3 is 1. The van der Waals surface area contributed by atoms with Gasteiger partial charge in [-0.2, -0.15) is 0 Å². The Labute approximate surface area is 98.4 Å². The van der Waals surface area contributed by atoms with Crippen LogP contribution in [-0.4, -0.2) is 36.4 Å². The molecule has 6 heteroatoms. The van der Waals surface area contributed by atoms with E-state index in [9.17, 15) is 4.79 Å². The minimum Gasteiger partial charge on any atom is -0.469 e. The van der Waals surface area contributed by atoms with Crippen LogP contribution >= 0.6 is 11.3 Å². The van der Waals surface area contributed by atoms with Gasteiger partial charge < -0.3 is 9.64 Å². The highest BCUT2D eigenvalue weighted by atomic mass is 32.1. The Kier molecular flexibility index (Phi) is 3.38. The normalized spacial score (nSPS) is 20.9. The molecule has 16 heavy (non-hydrogen) atoms. The summed E-state index contributed by atoms with van der Waals surface area (Å²) in [4.78, 5) is 13.6. The lowest BCUT2D eigenvalue weighted by atomic mass is 9.99. The Morgan fingerprint density at radius 2 is 2.38 bits per heavy atom. The number of rotatable bonds is 2. The fourth-order valence-electron chi connectivity index (χ4n) is 1.92. The second-order valence-corrected chi connectivity index (χ2v) is 5.07. The molecular formula is C10H15N3O2S. The molecule has 1 atom stereocenters. The first-order valence-corrected chi connectivity index (χ1v) is 6.15. The summed E-state index contributed by atoms with van der Waals surface area (Å²) in [6, 6.07) is 0. The largest absolute Gasteiger partial charge is 0.469 e. The number of hydrogen-bond acceptors (Lipinski definition) is 6. The van der Waals surface area contributed by atoms with Gasteiger partial charge in [0.2, 0.25) is 5.13 Å². The van der Waals surface area contributed by atoms with Crippen molar-refractivity contribution in [1.82, 2.24) is 10.2 Å². The van der Waals surface area contributed by atoms with Crippen LogP contribution in [0.2, 0.25) is 0 Å². The molecule has 5 nitrogen and oxygen atoms in total. The Bertz CT molecular complexity index is 380. The van der Waals surface area contributed by atoms with E-state index in [1.54, 1.807) is 11.3 Å². The fourth-order valence-corrected chi connectivity index (χ4v) is 2.65. The van der Waals surface area contributed by atoms with Crippen LogP contribution in [-0.2, 0) is 9.53 Å². The van der Waals surface area contributed by atoms with E-state index in [1.807, 2.05) is 6.92 Å². The summed E-state index contributed by atoms with van der Waals surface area (Å²) < 4.78 is 4.78. The maximum atomic E-state index is 11.5. The number of aryl methyl sites for hydroxylation is 1. The molecule has 2 rings (SSSR count). The van der Waals surface area contributed by atoms with E-state index < -0.39 is 0 Å². The van der Waals surface area contributed by atoms with Crippen molar-refractivity contribution in [2.75, 3.05) is 25.1 Å². The van der Waals surface area contributed by atoms with Crippen molar-refractivity contribution in [2.45, 2.75) is 19.8 Å². The van der Waals surface area contributed by atoms with Gasteiger partial charge in [-0.25, -0.2) is 0 Å². The summed E-state index contributed by atoms with van der Waals surface area (Å²) in [6.07, 6.45) is 1.90. The molecule has 1 aromatic rings. The number of piperidine rings is 1. The molecule has 1 fully saturated rings. The third-order valence-electron chi connectivity index (χ3n) is 2.74. The lowest BCUT2D eigenvalue weighted by Gasteiger charge is -2.30. The average molecular weight is 241 g/mol. The van der Waals surface area contributed by atoms with Gasteiger partial charge in [0, 0.05) is 13.1 Å². The average Bonchev–Trinajstić information content (AvgIpc) is 2.75. The Morgan fingerprint density at radius 1 is 1.56 bits per heavy atom. The zero-order chi connectivity index (χ0) is 11.5. The van der Waals surface area contributed by atoms with E-state index in [4.69, 9.17) is 4.74 Å². The maximum Gasteiger partial charge on any atom is 0.310 e. The molecule has 0 saturated carbocycles. The lowest BCUT2D eigenvalue weighted by molar-refractivity contribution is -0.145. The van der Waals surface area contributed by atoms with Crippen LogP contribution in [0.3, 0.4) is 0 Å². The van der Waals surface area contributed by atoms with Crippen LogP contribution in [0.5, 0.6) is 0 Å². The van der Waals surface area contributed by atoms with E-state index in [-0.39, 0.29) is 11.9 Å². The van der Waals surface area contributed by atoms with Crippen LogP contribution in [0.4, 0.5) is 5.13 Å². The first-order valence-electron chi connectivity index (χ1n) is 5.33. The Hall–Kier alpha value is -1.17. The topological polar surface area (TPSA) is 55.3 Å². The summed E-state index contributed by atoms with van der Waals surface area (Å²) in [5.41, 5.74) is 0. The first-order chi connectivity index (χ1) is 7.70. The molecule has 0 spiro atoms. The number of ether oxygens (including phenoxy) is 1. The van der Waals surface area contributed by atoms with Gasteiger partial charge in [0.1, 0.15) is 5.01 Å². The second-order valence-electron chi connectivity index (χ2n) is 3.91. The van der Waals surface area contributed by atoms with Crippen molar-refractivity contribution in [2.24, 2.45) is 5.92 Å². The summed E-state index contributed by atoms with van der Waals surface area (Å²) in [6.45, 7) is 3.58. The quantitative estimate of drug-likeness (QED) is 0.729. The summed E-state index contributed by atoms with van der Waals surface area (Å²) >= 11 is 1.57. The van der Waals surface area contributed by atoms with E-state index in [0.717, 1.165) is 29.5 Å². The first kappa shape index (κ1) is 11.3. The Balaban J connectivity index is 2.04. The molecule has 1 aliphatic rings. The second kappa shape index (κ2) is 4.78. The highest BCUT2D eigenvalue weighted by Gasteiger charge is 2.27. The van der Waals surface area contributed by atoms with Gasteiger partial charge in [-0.3, -0.25) is 4.79 Å². The lowest BCUT2D eigenvalue weighted by Crippen LogP contribution is -2.39. The van der Waals surface area contributed by atoms with Gasteiger partial charge >= 0.3 is 5.97 Å². The Morgan fingerprint density at radius 3 is 3.00 bits per heavy atom. The zero-order valence-corrected chi connectivity index (χ0v) is 10.3. The highest BCUT2D eigenvalue weighted by Crippen LogP contribution is 2.26. The molecule has 0 bridgehead atoms. The SMILES string of the molecule is COC(=O)C1CCCN(c2nnc(C)s2)C1. The van der Waals surface area contributed by atoms with E-state index in [2.05, 4.69) is 15.1 Å². The highest BCUT2D eigenvalue weighted by molar-refractivity contribution is 7.15. The van der Waals surface area contributed by atoms with Gasteiger partial charge in [-0.15, -0.1) is 10.2 Å². The van der Waals surface area contributed by atoms with Crippen molar-refractivity contribution in [3.63, 3.8) is 0 Å². The van der Waals surface area contributed by atoms with Crippen molar-refractivity contribution in [3.05, 3.63) is 5.01 Å². The van der Waals surface area contributed by atoms with Gasteiger partial charge in [0.15, 0.2) is 0 Å². The van der Waals surface area contributed by atoms with Crippen LogP contribution in [0.1, 0.15) is 17.8 Å². The predicted octanol–water partition coefficient (Wildman–Crippen LogP) is 1.24. The molecule has 0 aliphatic carbocycles. The van der Waals surface area contributed by atoms with Crippen molar-refractivity contribution in [3.8, 4) is 0 Å². The van der Waals surface area contributed by atoms with Crippen LogP contribution in [0.15, 0.2) is 0 Å². The summed E-state index contributed by atoms with van der Waals surface area (Å²) in [7, 11) is 1.44. The van der Waals surface area contributed by atoms with Gasteiger partial charge in [0.25, 0.3) is 0 Å². The number of carbonyl (C=O) groups is 1. The monoisotopic (exact) mass is 241 g/mol. The molecule has 1 aliphatic heterocycles. The molecule has 1 unspecified atom stereocenters. The molecule has 88 valence electrons. The number of aromatic nitrogens is 2. The molecule has 1 aromatic heterocycles. The van der Waals surface area contributed by atoms with Crippen LogP contribution < -0.4 is 4.90 Å². The number of nitrogens with zero attached hydrogens (tertiary/aromatic N) is 3. The number of anilines is 1. The molecule has 2 heterocycles. The van der Waals surface area contributed by atoms with Crippen LogP contribution in [0.25, 0.3) is 0 Å². The van der Waals surface area contributed by atoms with Crippen molar-refractivity contribution in [1.29, 1.82) is 0 Å².